The summed E-state index contributed by atoms with van der Waals surface area (Å²) in [6.07, 6.45) is 0.762. The summed E-state index contributed by atoms with van der Waals surface area (Å²) in [5.41, 5.74) is 0.950. The van der Waals surface area contributed by atoms with Crippen LogP contribution in [0.15, 0.2) is 30.5 Å². The Morgan fingerprint density at radius 2 is 1.77 bits per heavy atom. The van der Waals surface area contributed by atoms with Gasteiger partial charge in [0.15, 0.2) is 0 Å². The third-order valence-electron chi connectivity index (χ3n) is 3.79. The molecular formula is C19H24F3N3O. The summed E-state index contributed by atoms with van der Waals surface area (Å²) in [6, 6.07) is 7.65. The topological polar surface area (TPSA) is 47.0 Å². The highest BCUT2D eigenvalue weighted by molar-refractivity contribution is 5.54. The zero-order chi connectivity index (χ0) is 19.0. The molecule has 0 saturated heterocycles. The van der Waals surface area contributed by atoms with E-state index in [1.165, 1.54) is 5.56 Å². The highest BCUT2D eigenvalue weighted by Gasteiger charge is 2.36. The largest absolute Gasteiger partial charge is 0.477 e. The number of anilines is 2. The number of benzene rings is 1. The lowest BCUT2D eigenvalue weighted by atomic mass is 10.1. The Morgan fingerprint density at radius 1 is 1.04 bits per heavy atom. The van der Waals surface area contributed by atoms with Crippen molar-refractivity contribution in [3.05, 3.63) is 41.6 Å². The maximum Gasteiger partial charge on any atom is 0.423 e. The Labute approximate surface area is 151 Å². The van der Waals surface area contributed by atoms with E-state index in [4.69, 9.17) is 4.74 Å². The second kappa shape index (κ2) is 9.40. The van der Waals surface area contributed by atoms with Crippen LogP contribution in [0.2, 0.25) is 0 Å². The Hall–Kier alpha value is -2.31. The number of aromatic nitrogens is 2. The minimum Gasteiger partial charge on any atom is -0.477 e. The maximum atomic E-state index is 13.1. The summed E-state index contributed by atoms with van der Waals surface area (Å²) < 4.78 is 44.6. The fourth-order valence-corrected chi connectivity index (χ4v) is 2.42. The lowest BCUT2D eigenvalue weighted by Crippen LogP contribution is -2.13. The summed E-state index contributed by atoms with van der Waals surface area (Å²) in [4.78, 5) is 7.71. The predicted octanol–water partition coefficient (Wildman–Crippen LogP) is 5.76. The van der Waals surface area contributed by atoms with Crippen molar-refractivity contribution in [2.24, 2.45) is 0 Å². The number of hydrogen-bond donors (Lipinski definition) is 1. The van der Waals surface area contributed by atoms with Crippen LogP contribution in [-0.4, -0.2) is 16.6 Å². The first-order valence-electron chi connectivity index (χ1n) is 8.87. The van der Waals surface area contributed by atoms with Crippen molar-refractivity contribution in [2.75, 3.05) is 11.9 Å². The van der Waals surface area contributed by atoms with E-state index in [1.54, 1.807) is 0 Å². The smallest absolute Gasteiger partial charge is 0.423 e. The van der Waals surface area contributed by atoms with E-state index < -0.39 is 17.6 Å². The van der Waals surface area contributed by atoms with Gasteiger partial charge in [0.25, 0.3) is 0 Å². The number of hydrogen-bond acceptors (Lipinski definition) is 4. The molecule has 1 aromatic carbocycles. The van der Waals surface area contributed by atoms with Gasteiger partial charge in [0.05, 0.1) is 6.61 Å². The average Bonchev–Trinajstić information content (AvgIpc) is 2.60. The quantitative estimate of drug-likeness (QED) is 0.572. The van der Waals surface area contributed by atoms with Crippen LogP contribution < -0.4 is 10.1 Å². The number of nitrogens with one attached hydrogen (secondary N) is 1. The molecule has 0 radical (unpaired) electrons. The first-order chi connectivity index (χ1) is 12.4. The number of alkyl halides is 3. The van der Waals surface area contributed by atoms with E-state index in [-0.39, 0.29) is 12.6 Å². The molecule has 4 nitrogen and oxygen atoms in total. The Kier molecular flexibility index (Phi) is 7.24. The van der Waals surface area contributed by atoms with Crippen LogP contribution >= 0.6 is 0 Å². The molecule has 0 aliphatic rings. The molecule has 2 rings (SSSR count). The standard InChI is InChI=1S/C19H24F3N3O/c1-3-5-6-12-26-17-16(19(20,21)22)13-23-18(25-17)24-15-10-8-14(7-4-2)9-11-15/h8-11,13H,3-7,12H2,1-2H3,(H,23,24,25). The minimum atomic E-state index is -4.56. The number of ether oxygens (including phenoxy) is 1. The monoisotopic (exact) mass is 367 g/mol. The number of nitrogens with zero attached hydrogens (tertiary/aromatic N) is 2. The van der Waals surface area contributed by atoms with E-state index in [2.05, 4.69) is 22.2 Å². The van der Waals surface area contributed by atoms with Crippen molar-refractivity contribution < 1.29 is 17.9 Å². The number of unbranched alkanes of at least 4 members (excludes halogenated alkanes) is 2. The molecule has 0 aliphatic heterocycles. The number of halogens is 3. The molecule has 7 heteroatoms. The molecule has 0 unspecified atom stereocenters. The fraction of sp³-hybridized carbons (Fsp3) is 0.474. The Morgan fingerprint density at radius 3 is 2.38 bits per heavy atom. The summed E-state index contributed by atoms with van der Waals surface area (Å²) in [7, 11) is 0. The van der Waals surface area contributed by atoms with Gasteiger partial charge in [0.1, 0.15) is 5.56 Å². The van der Waals surface area contributed by atoms with Crippen LogP contribution in [0.25, 0.3) is 0 Å². The average molecular weight is 367 g/mol. The molecule has 1 heterocycles. The van der Waals surface area contributed by atoms with Gasteiger partial charge in [-0.15, -0.1) is 0 Å². The Bertz CT molecular complexity index is 687. The number of aryl methyl sites for hydroxylation is 1. The molecule has 0 aliphatic carbocycles. The third-order valence-corrected chi connectivity index (χ3v) is 3.79. The molecule has 26 heavy (non-hydrogen) atoms. The van der Waals surface area contributed by atoms with Gasteiger partial charge in [0.2, 0.25) is 11.8 Å². The zero-order valence-electron chi connectivity index (χ0n) is 15.1. The van der Waals surface area contributed by atoms with E-state index in [0.717, 1.165) is 31.9 Å². The maximum absolute atomic E-state index is 13.1. The molecule has 142 valence electrons. The molecule has 0 fully saturated rings. The lowest BCUT2D eigenvalue weighted by Gasteiger charge is -2.14. The van der Waals surface area contributed by atoms with Gasteiger partial charge >= 0.3 is 6.18 Å². The van der Waals surface area contributed by atoms with Crippen molar-refractivity contribution in [3.63, 3.8) is 0 Å². The molecule has 0 saturated carbocycles. The van der Waals surface area contributed by atoms with Crippen LogP contribution in [0.1, 0.15) is 50.7 Å². The second-order valence-electron chi connectivity index (χ2n) is 6.04. The highest BCUT2D eigenvalue weighted by Crippen LogP contribution is 2.35. The fourth-order valence-electron chi connectivity index (χ4n) is 2.42. The van der Waals surface area contributed by atoms with E-state index in [9.17, 15) is 13.2 Å². The van der Waals surface area contributed by atoms with Crippen molar-refractivity contribution in [1.82, 2.24) is 9.97 Å². The van der Waals surface area contributed by atoms with Crippen molar-refractivity contribution >= 4 is 11.6 Å². The molecular weight excluding hydrogens is 343 g/mol. The van der Waals surface area contributed by atoms with Gasteiger partial charge in [-0.2, -0.15) is 18.2 Å². The van der Waals surface area contributed by atoms with E-state index in [1.807, 2.05) is 31.2 Å². The van der Waals surface area contributed by atoms with Crippen LogP contribution in [0, 0.1) is 0 Å². The van der Waals surface area contributed by atoms with Crippen LogP contribution in [0.5, 0.6) is 5.88 Å². The molecule has 1 aromatic heterocycles. The van der Waals surface area contributed by atoms with Crippen LogP contribution in [0.4, 0.5) is 24.8 Å². The molecule has 0 spiro atoms. The molecule has 0 atom stereocenters. The van der Waals surface area contributed by atoms with Gasteiger partial charge in [-0.05, 0) is 30.5 Å². The zero-order valence-corrected chi connectivity index (χ0v) is 15.1. The summed E-state index contributed by atoms with van der Waals surface area (Å²) >= 11 is 0. The normalized spacial score (nSPS) is 11.4. The van der Waals surface area contributed by atoms with Gasteiger partial charge in [0, 0.05) is 11.9 Å². The van der Waals surface area contributed by atoms with Gasteiger partial charge in [-0.1, -0.05) is 45.2 Å². The van der Waals surface area contributed by atoms with E-state index >= 15 is 0 Å². The minimum absolute atomic E-state index is 0.0757. The summed E-state index contributed by atoms with van der Waals surface area (Å²) in [5.74, 6) is -0.361. The second-order valence-corrected chi connectivity index (χ2v) is 6.04. The summed E-state index contributed by atoms with van der Waals surface area (Å²) in [6.45, 7) is 4.31. The third kappa shape index (κ3) is 5.89. The summed E-state index contributed by atoms with van der Waals surface area (Å²) in [5, 5.41) is 2.92. The van der Waals surface area contributed by atoms with Crippen molar-refractivity contribution in [2.45, 2.75) is 52.1 Å². The van der Waals surface area contributed by atoms with Crippen LogP contribution in [0.3, 0.4) is 0 Å². The number of rotatable bonds is 9. The SMILES string of the molecule is CCCCCOc1nc(Nc2ccc(CCC)cc2)ncc1C(F)(F)F. The Balaban J connectivity index is 2.15. The van der Waals surface area contributed by atoms with Crippen LogP contribution in [-0.2, 0) is 12.6 Å². The first-order valence-corrected chi connectivity index (χ1v) is 8.87. The van der Waals surface area contributed by atoms with Gasteiger partial charge < -0.3 is 10.1 Å². The van der Waals surface area contributed by atoms with Crippen molar-refractivity contribution in [3.8, 4) is 5.88 Å². The molecule has 2 aromatic rings. The highest BCUT2D eigenvalue weighted by atomic mass is 19.4. The predicted molar refractivity (Wildman–Crippen MR) is 95.8 cm³/mol. The van der Waals surface area contributed by atoms with Gasteiger partial charge in [-0.25, -0.2) is 4.98 Å². The molecule has 1 N–H and O–H groups in total. The lowest BCUT2D eigenvalue weighted by molar-refractivity contribution is -0.139. The molecule has 0 amide bonds. The molecule has 0 bridgehead atoms. The van der Waals surface area contributed by atoms with Crippen molar-refractivity contribution in [1.29, 1.82) is 0 Å². The van der Waals surface area contributed by atoms with E-state index in [0.29, 0.717) is 12.1 Å². The van der Waals surface area contributed by atoms with Gasteiger partial charge in [-0.3, -0.25) is 0 Å². The first kappa shape index (κ1) is 20.0.